The lowest BCUT2D eigenvalue weighted by molar-refractivity contribution is 1.24. The van der Waals surface area contributed by atoms with E-state index in [0.29, 0.717) is 5.15 Å². The Morgan fingerprint density at radius 2 is 2.07 bits per heavy atom. The molecule has 0 amide bonds. The van der Waals surface area contributed by atoms with Crippen LogP contribution in [0, 0.1) is 6.92 Å². The molecule has 0 aliphatic heterocycles. The van der Waals surface area contributed by atoms with Gasteiger partial charge in [-0.1, -0.05) is 17.7 Å². The highest BCUT2D eigenvalue weighted by Crippen LogP contribution is 2.21. The minimum Gasteiger partial charge on any atom is -0.264 e. The van der Waals surface area contributed by atoms with Gasteiger partial charge in [-0.05, 0) is 30.7 Å². The normalized spacial score (nSPS) is 10.1. The fourth-order valence-corrected chi connectivity index (χ4v) is 1.48. The van der Waals surface area contributed by atoms with Gasteiger partial charge in [0.2, 0.25) is 0 Å². The molecule has 0 saturated heterocycles. The number of aromatic nitrogens is 2. The topological polar surface area (TPSA) is 25.8 Å². The van der Waals surface area contributed by atoms with Crippen molar-refractivity contribution in [1.29, 1.82) is 0 Å². The Balaban J connectivity index is 2.55. The second-order valence-electron chi connectivity index (χ2n) is 3.04. The van der Waals surface area contributed by atoms with E-state index in [2.05, 4.69) is 9.97 Å². The summed E-state index contributed by atoms with van der Waals surface area (Å²) in [6.45, 7) is 2.00. The summed E-state index contributed by atoms with van der Waals surface area (Å²) in [5.41, 5.74) is 3.06. The Morgan fingerprint density at radius 3 is 2.79 bits per heavy atom. The average molecular weight is 205 g/mol. The summed E-state index contributed by atoms with van der Waals surface area (Å²) in [6, 6.07) is 7.54. The maximum atomic E-state index is 5.82. The van der Waals surface area contributed by atoms with Crippen LogP contribution in [-0.2, 0) is 0 Å². The smallest absolute Gasteiger partial charge is 0.129 e. The van der Waals surface area contributed by atoms with Crippen molar-refractivity contribution in [3.63, 3.8) is 0 Å². The quantitative estimate of drug-likeness (QED) is 0.667. The van der Waals surface area contributed by atoms with Crippen LogP contribution in [0.25, 0.3) is 11.3 Å². The highest BCUT2D eigenvalue weighted by Gasteiger charge is 2.02. The molecule has 0 radical (unpaired) electrons. The first kappa shape index (κ1) is 9.16. The van der Waals surface area contributed by atoms with E-state index in [-0.39, 0.29) is 0 Å². The van der Waals surface area contributed by atoms with Crippen LogP contribution in [0.3, 0.4) is 0 Å². The van der Waals surface area contributed by atoms with Crippen molar-refractivity contribution in [2.24, 2.45) is 0 Å². The highest BCUT2D eigenvalue weighted by molar-refractivity contribution is 6.29. The number of pyridine rings is 2. The zero-order valence-electron chi connectivity index (χ0n) is 7.74. The van der Waals surface area contributed by atoms with E-state index in [1.54, 1.807) is 12.3 Å². The molecule has 0 N–H and O–H groups in total. The lowest BCUT2D eigenvalue weighted by Gasteiger charge is -2.03. The van der Waals surface area contributed by atoms with Crippen LogP contribution >= 0.6 is 11.6 Å². The number of nitrogens with zero attached hydrogens (tertiary/aromatic N) is 2. The third-order valence-electron chi connectivity index (χ3n) is 2.01. The molecule has 0 aliphatic carbocycles. The first-order valence-electron chi connectivity index (χ1n) is 4.31. The van der Waals surface area contributed by atoms with Crippen molar-refractivity contribution in [3.05, 3.63) is 47.4 Å². The number of rotatable bonds is 1. The molecule has 0 saturated carbocycles. The van der Waals surface area contributed by atoms with Crippen LogP contribution in [-0.4, -0.2) is 9.97 Å². The van der Waals surface area contributed by atoms with Crippen molar-refractivity contribution < 1.29 is 0 Å². The van der Waals surface area contributed by atoms with Crippen LogP contribution in [0.5, 0.6) is 0 Å². The van der Waals surface area contributed by atoms with Crippen LogP contribution in [0.15, 0.2) is 36.7 Å². The Kier molecular flexibility index (Phi) is 2.46. The Labute approximate surface area is 87.6 Å². The van der Waals surface area contributed by atoms with E-state index in [1.807, 2.05) is 31.3 Å². The number of hydrogen-bond donors (Lipinski definition) is 0. The average Bonchev–Trinajstić information content (AvgIpc) is 2.18. The SMILES string of the molecule is Cc1cnccc1-c1cccc(Cl)n1. The van der Waals surface area contributed by atoms with Gasteiger partial charge in [0, 0.05) is 18.0 Å². The summed E-state index contributed by atoms with van der Waals surface area (Å²) >= 11 is 5.82. The summed E-state index contributed by atoms with van der Waals surface area (Å²) in [5, 5.41) is 0.513. The molecule has 0 fully saturated rings. The van der Waals surface area contributed by atoms with Gasteiger partial charge in [-0.25, -0.2) is 4.98 Å². The molecule has 14 heavy (non-hydrogen) atoms. The summed E-state index contributed by atoms with van der Waals surface area (Å²) in [4.78, 5) is 8.27. The molecular weight excluding hydrogens is 196 g/mol. The van der Waals surface area contributed by atoms with Gasteiger partial charge < -0.3 is 0 Å². The molecule has 0 spiro atoms. The maximum absolute atomic E-state index is 5.82. The maximum Gasteiger partial charge on any atom is 0.129 e. The van der Waals surface area contributed by atoms with Crippen molar-refractivity contribution >= 4 is 11.6 Å². The number of aryl methyl sites for hydroxylation is 1. The molecule has 0 aromatic carbocycles. The summed E-state index contributed by atoms with van der Waals surface area (Å²) in [5.74, 6) is 0. The number of hydrogen-bond acceptors (Lipinski definition) is 2. The standard InChI is InChI=1S/C11H9ClN2/c1-8-7-13-6-5-9(8)10-3-2-4-11(12)14-10/h2-7H,1H3. The van der Waals surface area contributed by atoms with Gasteiger partial charge in [0.15, 0.2) is 0 Å². The monoisotopic (exact) mass is 204 g/mol. The van der Waals surface area contributed by atoms with Gasteiger partial charge in [0.25, 0.3) is 0 Å². The van der Waals surface area contributed by atoms with Crippen LogP contribution < -0.4 is 0 Å². The molecule has 2 aromatic rings. The van der Waals surface area contributed by atoms with Gasteiger partial charge in [0.05, 0.1) is 5.69 Å². The van der Waals surface area contributed by atoms with E-state index in [4.69, 9.17) is 11.6 Å². The lowest BCUT2D eigenvalue weighted by atomic mass is 10.1. The van der Waals surface area contributed by atoms with Gasteiger partial charge in [0.1, 0.15) is 5.15 Å². The van der Waals surface area contributed by atoms with Gasteiger partial charge in [-0.2, -0.15) is 0 Å². The third-order valence-corrected chi connectivity index (χ3v) is 2.22. The molecule has 3 heteroatoms. The predicted octanol–water partition coefficient (Wildman–Crippen LogP) is 3.11. The van der Waals surface area contributed by atoms with Gasteiger partial charge in [-0.15, -0.1) is 0 Å². The minimum atomic E-state index is 0.513. The summed E-state index contributed by atoms with van der Waals surface area (Å²) in [6.07, 6.45) is 3.57. The molecule has 2 heterocycles. The summed E-state index contributed by atoms with van der Waals surface area (Å²) in [7, 11) is 0. The van der Waals surface area contributed by atoms with E-state index in [0.717, 1.165) is 16.8 Å². The second kappa shape index (κ2) is 3.76. The van der Waals surface area contributed by atoms with Gasteiger partial charge >= 0.3 is 0 Å². The largest absolute Gasteiger partial charge is 0.264 e. The van der Waals surface area contributed by atoms with E-state index < -0.39 is 0 Å². The van der Waals surface area contributed by atoms with Crippen LogP contribution in [0.4, 0.5) is 0 Å². The molecule has 2 aromatic heterocycles. The molecule has 0 atom stereocenters. The van der Waals surface area contributed by atoms with Crippen LogP contribution in [0.1, 0.15) is 5.56 Å². The van der Waals surface area contributed by atoms with E-state index in [1.165, 1.54) is 0 Å². The minimum absolute atomic E-state index is 0.513. The second-order valence-corrected chi connectivity index (χ2v) is 3.42. The van der Waals surface area contributed by atoms with Crippen molar-refractivity contribution in [2.45, 2.75) is 6.92 Å². The van der Waals surface area contributed by atoms with E-state index >= 15 is 0 Å². The van der Waals surface area contributed by atoms with Crippen molar-refractivity contribution in [2.75, 3.05) is 0 Å². The first-order valence-corrected chi connectivity index (χ1v) is 4.69. The Morgan fingerprint density at radius 1 is 1.21 bits per heavy atom. The molecule has 0 bridgehead atoms. The predicted molar refractivity (Wildman–Crippen MR) is 57.2 cm³/mol. The molecule has 0 aliphatic rings. The molecule has 70 valence electrons. The lowest BCUT2D eigenvalue weighted by Crippen LogP contribution is -1.87. The molecule has 0 unspecified atom stereocenters. The van der Waals surface area contributed by atoms with Crippen molar-refractivity contribution in [3.8, 4) is 11.3 Å². The van der Waals surface area contributed by atoms with Crippen LogP contribution in [0.2, 0.25) is 5.15 Å². The molecular formula is C11H9ClN2. The zero-order chi connectivity index (χ0) is 9.97. The molecule has 2 rings (SSSR count). The fourth-order valence-electron chi connectivity index (χ4n) is 1.32. The van der Waals surface area contributed by atoms with Gasteiger partial charge in [-0.3, -0.25) is 4.98 Å². The number of halogens is 1. The summed E-state index contributed by atoms with van der Waals surface area (Å²) < 4.78 is 0. The first-order chi connectivity index (χ1) is 6.77. The zero-order valence-corrected chi connectivity index (χ0v) is 8.49. The molecule has 2 nitrogen and oxygen atoms in total. The van der Waals surface area contributed by atoms with E-state index in [9.17, 15) is 0 Å². The third kappa shape index (κ3) is 1.75. The Hall–Kier alpha value is -1.41. The highest BCUT2D eigenvalue weighted by atomic mass is 35.5. The Bertz CT molecular complexity index is 455. The fraction of sp³-hybridized carbons (Fsp3) is 0.0909. The van der Waals surface area contributed by atoms with Crippen molar-refractivity contribution in [1.82, 2.24) is 9.97 Å².